The lowest BCUT2D eigenvalue weighted by Gasteiger charge is -2.10. The minimum atomic E-state index is -0.102. The van der Waals surface area contributed by atoms with Gasteiger partial charge in [0.15, 0.2) is 4.96 Å². The van der Waals surface area contributed by atoms with Gasteiger partial charge in [-0.2, -0.15) is 0 Å². The average molecular weight is 472 g/mol. The maximum Gasteiger partial charge on any atom is 0.251 e. The van der Waals surface area contributed by atoms with Crippen LogP contribution in [-0.4, -0.2) is 28.5 Å². The van der Waals surface area contributed by atoms with Crippen LogP contribution in [0, 0.1) is 0 Å². The summed E-state index contributed by atoms with van der Waals surface area (Å²) in [5, 5.41) is 3.00. The molecular weight excluding hydrogens is 446 g/mol. The highest BCUT2D eigenvalue weighted by molar-refractivity contribution is 7.23. The fraction of sp³-hybridized carbons (Fsp3) is 0.185. The first-order valence-corrected chi connectivity index (χ1v) is 11.9. The van der Waals surface area contributed by atoms with Crippen molar-refractivity contribution < 1.29 is 14.3 Å². The minimum Gasteiger partial charge on any atom is -0.497 e. The average Bonchev–Trinajstić information content (AvgIpc) is 3.41. The molecule has 0 bridgehead atoms. The monoisotopic (exact) mass is 471 g/mol. The van der Waals surface area contributed by atoms with Gasteiger partial charge in [0.1, 0.15) is 11.5 Å². The number of amides is 1. The van der Waals surface area contributed by atoms with E-state index in [0.29, 0.717) is 12.1 Å². The topological polar surface area (TPSA) is 64.9 Å². The molecule has 6 nitrogen and oxygen atoms in total. The zero-order chi connectivity index (χ0) is 23.7. The van der Waals surface area contributed by atoms with Gasteiger partial charge >= 0.3 is 0 Å². The SMILES string of the molecule is COc1ccc(-c2cn3c(n2)sc2cc(C(=O)NCc4ccc(OC(C)C)cc4)ccc23)cc1. The number of carbonyl (C=O) groups is 1. The van der Waals surface area contributed by atoms with E-state index in [1.54, 1.807) is 18.4 Å². The van der Waals surface area contributed by atoms with Crippen LogP contribution >= 0.6 is 11.3 Å². The van der Waals surface area contributed by atoms with Crippen molar-refractivity contribution in [2.75, 3.05) is 7.11 Å². The predicted molar refractivity (Wildman–Crippen MR) is 136 cm³/mol. The van der Waals surface area contributed by atoms with Crippen molar-refractivity contribution in [1.82, 2.24) is 14.7 Å². The van der Waals surface area contributed by atoms with Gasteiger partial charge < -0.3 is 14.8 Å². The molecule has 0 spiro atoms. The number of hydrogen-bond donors (Lipinski definition) is 1. The second-order valence-corrected chi connectivity index (χ2v) is 9.29. The van der Waals surface area contributed by atoms with E-state index in [4.69, 9.17) is 14.5 Å². The summed E-state index contributed by atoms with van der Waals surface area (Å²) in [4.78, 5) is 18.4. The number of ether oxygens (including phenoxy) is 2. The molecule has 5 rings (SSSR count). The van der Waals surface area contributed by atoms with Crippen LogP contribution in [0.5, 0.6) is 11.5 Å². The van der Waals surface area contributed by atoms with Crippen molar-refractivity contribution in [3.8, 4) is 22.8 Å². The highest BCUT2D eigenvalue weighted by atomic mass is 32.1. The van der Waals surface area contributed by atoms with Crippen molar-refractivity contribution in [3.05, 3.63) is 84.1 Å². The van der Waals surface area contributed by atoms with Gasteiger partial charge in [0.25, 0.3) is 5.91 Å². The fourth-order valence-corrected chi connectivity index (χ4v) is 4.83. The van der Waals surface area contributed by atoms with E-state index in [1.807, 2.05) is 86.8 Å². The number of thiazole rings is 1. The quantitative estimate of drug-likeness (QED) is 0.319. The second-order valence-electron chi connectivity index (χ2n) is 8.29. The number of fused-ring (bicyclic) bond motifs is 3. The number of nitrogens with one attached hydrogen (secondary N) is 1. The van der Waals surface area contributed by atoms with Gasteiger partial charge in [-0.1, -0.05) is 23.5 Å². The van der Waals surface area contributed by atoms with E-state index in [0.717, 1.165) is 43.5 Å². The van der Waals surface area contributed by atoms with E-state index >= 15 is 0 Å². The van der Waals surface area contributed by atoms with Crippen molar-refractivity contribution in [2.45, 2.75) is 26.5 Å². The molecule has 1 amide bonds. The van der Waals surface area contributed by atoms with E-state index < -0.39 is 0 Å². The first-order chi connectivity index (χ1) is 16.5. The number of methoxy groups -OCH3 is 1. The molecule has 0 unspecified atom stereocenters. The Bertz CT molecular complexity index is 1450. The lowest BCUT2D eigenvalue weighted by atomic mass is 10.1. The molecule has 1 N–H and O–H groups in total. The third kappa shape index (κ3) is 4.47. The van der Waals surface area contributed by atoms with Gasteiger partial charge in [-0.3, -0.25) is 9.20 Å². The Morgan fingerprint density at radius 1 is 1.03 bits per heavy atom. The molecule has 0 saturated carbocycles. The number of rotatable bonds is 7. The lowest BCUT2D eigenvalue weighted by molar-refractivity contribution is 0.0951. The normalized spacial score (nSPS) is 11.3. The van der Waals surface area contributed by atoms with Crippen LogP contribution in [0.3, 0.4) is 0 Å². The van der Waals surface area contributed by atoms with Crippen molar-refractivity contribution >= 4 is 32.4 Å². The Balaban J connectivity index is 1.30. The molecule has 3 aromatic carbocycles. The van der Waals surface area contributed by atoms with Gasteiger partial charge in [-0.25, -0.2) is 4.98 Å². The summed E-state index contributed by atoms with van der Waals surface area (Å²) in [7, 11) is 1.66. The second kappa shape index (κ2) is 9.19. The number of imidazole rings is 1. The molecule has 2 aromatic heterocycles. The lowest BCUT2D eigenvalue weighted by Crippen LogP contribution is -2.22. The summed E-state index contributed by atoms with van der Waals surface area (Å²) in [5.74, 6) is 1.54. The van der Waals surface area contributed by atoms with E-state index in [1.165, 1.54) is 0 Å². The number of benzene rings is 3. The summed E-state index contributed by atoms with van der Waals surface area (Å²) in [6, 6.07) is 21.4. The maximum absolute atomic E-state index is 12.8. The molecule has 0 atom stereocenters. The molecule has 0 fully saturated rings. The van der Waals surface area contributed by atoms with Crippen LogP contribution < -0.4 is 14.8 Å². The molecule has 2 heterocycles. The third-order valence-corrected chi connectivity index (χ3v) is 6.51. The van der Waals surface area contributed by atoms with Gasteiger partial charge in [-0.05, 0) is 74.0 Å². The van der Waals surface area contributed by atoms with Crippen LogP contribution in [-0.2, 0) is 6.54 Å². The van der Waals surface area contributed by atoms with Crippen molar-refractivity contribution in [1.29, 1.82) is 0 Å². The van der Waals surface area contributed by atoms with Crippen LogP contribution in [0.2, 0.25) is 0 Å². The highest BCUT2D eigenvalue weighted by Crippen LogP contribution is 2.30. The zero-order valence-corrected chi connectivity index (χ0v) is 20.1. The first-order valence-electron chi connectivity index (χ1n) is 11.1. The molecule has 5 aromatic rings. The standard InChI is InChI=1S/C27H25N3O3S/c1-17(2)33-22-9-4-18(5-10-22)15-28-26(31)20-8-13-24-25(14-20)34-27-29-23(16-30(24)27)19-6-11-21(32-3)12-7-19/h4-14,16-17H,15H2,1-3H3,(H,28,31). The number of nitrogens with zero attached hydrogens (tertiary/aromatic N) is 2. The molecular formula is C27H25N3O3S. The molecule has 0 saturated heterocycles. The molecule has 0 aliphatic rings. The summed E-state index contributed by atoms with van der Waals surface area (Å²) in [5.41, 5.74) is 4.62. The molecule has 172 valence electrons. The predicted octanol–water partition coefficient (Wildman–Crippen LogP) is 5.94. The Morgan fingerprint density at radius 3 is 2.47 bits per heavy atom. The Hall–Kier alpha value is -3.84. The molecule has 34 heavy (non-hydrogen) atoms. The van der Waals surface area contributed by atoms with E-state index in [-0.39, 0.29) is 12.0 Å². The summed E-state index contributed by atoms with van der Waals surface area (Å²) in [6.07, 6.45) is 2.16. The molecule has 7 heteroatoms. The van der Waals surface area contributed by atoms with E-state index in [2.05, 4.69) is 9.72 Å². The molecule has 0 aliphatic heterocycles. The first kappa shape index (κ1) is 22.0. The number of hydrogen-bond acceptors (Lipinski definition) is 5. The zero-order valence-electron chi connectivity index (χ0n) is 19.2. The molecule has 0 aliphatic carbocycles. The van der Waals surface area contributed by atoms with E-state index in [9.17, 15) is 4.79 Å². The summed E-state index contributed by atoms with van der Waals surface area (Å²) < 4.78 is 14.0. The van der Waals surface area contributed by atoms with Crippen LogP contribution in [0.15, 0.2) is 72.9 Å². The van der Waals surface area contributed by atoms with Crippen LogP contribution in [0.25, 0.3) is 26.4 Å². The van der Waals surface area contributed by atoms with Gasteiger partial charge in [0.05, 0.1) is 29.1 Å². The third-order valence-electron chi connectivity index (χ3n) is 5.49. The fourth-order valence-electron chi connectivity index (χ4n) is 3.79. The Kier molecular flexibility index (Phi) is 5.94. The Labute approximate surface area is 201 Å². The smallest absolute Gasteiger partial charge is 0.251 e. The van der Waals surface area contributed by atoms with Crippen LogP contribution in [0.4, 0.5) is 0 Å². The van der Waals surface area contributed by atoms with Crippen molar-refractivity contribution in [2.24, 2.45) is 0 Å². The minimum absolute atomic E-state index is 0.102. The molecule has 0 radical (unpaired) electrons. The van der Waals surface area contributed by atoms with Crippen LogP contribution in [0.1, 0.15) is 29.8 Å². The highest BCUT2D eigenvalue weighted by Gasteiger charge is 2.13. The maximum atomic E-state index is 12.8. The number of carbonyl (C=O) groups excluding carboxylic acids is 1. The Morgan fingerprint density at radius 2 is 1.76 bits per heavy atom. The van der Waals surface area contributed by atoms with Gasteiger partial charge in [0, 0.05) is 23.9 Å². The van der Waals surface area contributed by atoms with Gasteiger partial charge in [-0.15, -0.1) is 0 Å². The largest absolute Gasteiger partial charge is 0.497 e. The summed E-state index contributed by atoms with van der Waals surface area (Å²) >= 11 is 1.57. The van der Waals surface area contributed by atoms with Crippen molar-refractivity contribution in [3.63, 3.8) is 0 Å². The summed E-state index contributed by atoms with van der Waals surface area (Å²) in [6.45, 7) is 4.45. The number of aromatic nitrogens is 2. The van der Waals surface area contributed by atoms with Gasteiger partial charge in [0.2, 0.25) is 0 Å².